The number of rotatable bonds is 10. The maximum atomic E-state index is 12.9. The Morgan fingerprint density at radius 3 is 2.45 bits per heavy atom. The minimum Gasteiger partial charge on any atom is -0.352 e. The molecule has 0 radical (unpaired) electrons. The highest BCUT2D eigenvalue weighted by molar-refractivity contribution is 7.10. The van der Waals surface area contributed by atoms with Crippen LogP contribution in [-0.2, 0) is 17.6 Å². The van der Waals surface area contributed by atoms with Crippen LogP contribution in [0.2, 0.25) is 0 Å². The van der Waals surface area contributed by atoms with Crippen molar-refractivity contribution in [3.05, 3.63) is 21.4 Å². The van der Waals surface area contributed by atoms with Gasteiger partial charge in [0, 0.05) is 29.6 Å². The second-order valence-electron chi connectivity index (χ2n) is 12.4. The molecule has 0 aromatic carbocycles. The maximum Gasteiger partial charge on any atom is 0.252 e. The molecule has 0 spiro atoms. The molecule has 3 nitrogen and oxygen atoms in total. The van der Waals surface area contributed by atoms with Crippen LogP contribution in [0.25, 0.3) is 0 Å². The molecule has 2 unspecified atom stereocenters. The van der Waals surface area contributed by atoms with Gasteiger partial charge in [-0.15, -0.1) is 11.3 Å². The summed E-state index contributed by atoms with van der Waals surface area (Å²) < 4.78 is 0. The Morgan fingerprint density at radius 1 is 1.03 bits per heavy atom. The quantitative estimate of drug-likeness (QED) is 0.387. The lowest BCUT2D eigenvalue weighted by atomic mass is 9.71. The lowest BCUT2D eigenvalue weighted by Gasteiger charge is -2.35. The van der Waals surface area contributed by atoms with Crippen LogP contribution in [-0.4, -0.2) is 18.2 Å². The third-order valence-electron chi connectivity index (χ3n) is 8.62. The molecule has 4 rings (SSSR count). The molecule has 1 heterocycles. The lowest BCUT2D eigenvalue weighted by molar-refractivity contribution is -0.119. The summed E-state index contributed by atoms with van der Waals surface area (Å²) in [7, 11) is 0. The molecule has 2 bridgehead atoms. The Hall–Kier alpha value is -1.16. The number of hydrogen-bond acceptors (Lipinski definition) is 3. The number of Topliss-reactive ketones (excluding diaryl/α,β-unsaturated/α-hetero) is 1. The number of carbonyl (C=O) groups excluding carboxylic acids is 2. The smallest absolute Gasteiger partial charge is 0.252 e. The van der Waals surface area contributed by atoms with Crippen molar-refractivity contribution < 1.29 is 9.59 Å². The molecule has 0 saturated heterocycles. The van der Waals surface area contributed by atoms with Crippen LogP contribution < -0.4 is 5.32 Å². The number of nitrogens with one attached hydrogen (secondary N) is 1. The van der Waals surface area contributed by atoms with E-state index in [2.05, 4.69) is 31.5 Å². The van der Waals surface area contributed by atoms with E-state index in [1.165, 1.54) is 55.4 Å². The third kappa shape index (κ3) is 6.71. The molecule has 4 atom stereocenters. The fourth-order valence-corrected chi connectivity index (χ4v) is 8.04. The van der Waals surface area contributed by atoms with Gasteiger partial charge in [0.15, 0.2) is 0 Å². The van der Waals surface area contributed by atoms with Gasteiger partial charge < -0.3 is 5.32 Å². The molecule has 1 N–H and O–H groups in total. The van der Waals surface area contributed by atoms with Gasteiger partial charge in [0.2, 0.25) is 0 Å². The highest BCUT2D eigenvalue weighted by atomic mass is 32.1. The summed E-state index contributed by atoms with van der Waals surface area (Å²) in [6.45, 7) is 7.61. The van der Waals surface area contributed by atoms with Gasteiger partial charge in [-0.05, 0) is 112 Å². The zero-order valence-corrected chi connectivity index (χ0v) is 22.0. The SMILES string of the molecule is CC(C)(C)CCCC(=O)CCCC1[C@@H]2CC[C@H]1CC(CNC(=O)c1csc3c1CCCC3)C2. The lowest BCUT2D eigenvalue weighted by Crippen LogP contribution is -2.35. The van der Waals surface area contributed by atoms with Crippen molar-refractivity contribution in [2.75, 3.05) is 6.54 Å². The van der Waals surface area contributed by atoms with E-state index in [4.69, 9.17) is 0 Å². The van der Waals surface area contributed by atoms with Crippen molar-refractivity contribution in [2.45, 2.75) is 111 Å². The average Bonchev–Trinajstić information content (AvgIpc) is 3.29. The van der Waals surface area contributed by atoms with Gasteiger partial charge in [0.05, 0.1) is 5.56 Å². The summed E-state index contributed by atoms with van der Waals surface area (Å²) in [5.74, 6) is 3.72. The summed E-state index contributed by atoms with van der Waals surface area (Å²) in [5.41, 5.74) is 2.62. The van der Waals surface area contributed by atoms with Gasteiger partial charge >= 0.3 is 0 Å². The standard InChI is InChI=1S/C29H45NO2S/c1-29(2,3)15-7-9-23(31)8-6-11-24-21-13-14-22(24)17-20(16-21)18-30-28(32)26-19-33-27-12-5-4-10-25(26)27/h19-22,24H,4-18H2,1-3H3,(H,30,32)/t20?,21-,22+,24?. The van der Waals surface area contributed by atoms with Crippen LogP contribution >= 0.6 is 11.3 Å². The number of thiophene rings is 1. The molecule has 184 valence electrons. The van der Waals surface area contributed by atoms with Crippen molar-refractivity contribution >= 4 is 23.0 Å². The van der Waals surface area contributed by atoms with Crippen molar-refractivity contribution in [3.63, 3.8) is 0 Å². The van der Waals surface area contributed by atoms with Crippen LogP contribution in [0.15, 0.2) is 5.38 Å². The number of amides is 1. The molecule has 3 aliphatic carbocycles. The van der Waals surface area contributed by atoms with E-state index < -0.39 is 0 Å². The van der Waals surface area contributed by atoms with E-state index >= 15 is 0 Å². The number of aryl methyl sites for hydroxylation is 1. The number of ketones is 1. The summed E-state index contributed by atoms with van der Waals surface area (Å²) in [4.78, 5) is 26.6. The van der Waals surface area contributed by atoms with Gasteiger partial charge in [-0.1, -0.05) is 20.8 Å². The van der Waals surface area contributed by atoms with Crippen molar-refractivity contribution in [1.82, 2.24) is 5.32 Å². The third-order valence-corrected chi connectivity index (χ3v) is 9.71. The fraction of sp³-hybridized carbons (Fsp3) is 0.793. The first kappa shape index (κ1) is 24.9. The van der Waals surface area contributed by atoms with Gasteiger partial charge in [-0.3, -0.25) is 9.59 Å². The summed E-state index contributed by atoms with van der Waals surface area (Å²) in [6.07, 6.45) is 16.0. The predicted octanol–water partition coefficient (Wildman–Crippen LogP) is 7.36. The Bertz CT molecular complexity index is 806. The first-order valence-electron chi connectivity index (χ1n) is 13.7. The number of hydrogen-bond donors (Lipinski definition) is 1. The van der Waals surface area contributed by atoms with E-state index in [1.807, 2.05) is 0 Å². The minimum atomic E-state index is 0.161. The Kier molecular flexibility index (Phi) is 8.36. The van der Waals surface area contributed by atoms with Gasteiger partial charge in [0.25, 0.3) is 5.91 Å². The first-order valence-corrected chi connectivity index (χ1v) is 14.6. The Labute approximate surface area is 205 Å². The monoisotopic (exact) mass is 471 g/mol. The van der Waals surface area contributed by atoms with Crippen LogP contribution in [0.3, 0.4) is 0 Å². The minimum absolute atomic E-state index is 0.161. The molecule has 0 aliphatic heterocycles. The van der Waals surface area contributed by atoms with Crippen LogP contribution in [0.5, 0.6) is 0 Å². The first-order chi connectivity index (χ1) is 15.8. The molecule has 1 amide bonds. The molecule has 2 saturated carbocycles. The topological polar surface area (TPSA) is 46.2 Å². The van der Waals surface area contributed by atoms with E-state index in [-0.39, 0.29) is 5.91 Å². The molecule has 1 aromatic heterocycles. The van der Waals surface area contributed by atoms with Gasteiger partial charge in [-0.2, -0.15) is 0 Å². The van der Waals surface area contributed by atoms with E-state index in [0.29, 0.717) is 17.1 Å². The van der Waals surface area contributed by atoms with Gasteiger partial charge in [-0.25, -0.2) is 0 Å². The Balaban J connectivity index is 1.17. The molecular weight excluding hydrogens is 426 g/mol. The Morgan fingerprint density at radius 2 is 1.73 bits per heavy atom. The summed E-state index contributed by atoms with van der Waals surface area (Å²) in [5, 5.41) is 5.39. The summed E-state index contributed by atoms with van der Waals surface area (Å²) in [6, 6.07) is 0. The molecular formula is C29H45NO2S. The van der Waals surface area contributed by atoms with Crippen molar-refractivity contribution in [1.29, 1.82) is 0 Å². The fourth-order valence-electron chi connectivity index (χ4n) is 6.91. The van der Waals surface area contributed by atoms with E-state index in [0.717, 1.165) is 74.8 Å². The maximum absolute atomic E-state index is 12.9. The van der Waals surface area contributed by atoms with Crippen molar-refractivity contribution in [2.24, 2.45) is 29.1 Å². The molecule has 4 heteroatoms. The van der Waals surface area contributed by atoms with Crippen molar-refractivity contribution in [3.8, 4) is 0 Å². The predicted molar refractivity (Wildman–Crippen MR) is 138 cm³/mol. The molecule has 3 aliphatic rings. The highest BCUT2D eigenvalue weighted by Gasteiger charge is 2.42. The largest absolute Gasteiger partial charge is 0.352 e. The average molecular weight is 472 g/mol. The second kappa shape index (κ2) is 11.1. The second-order valence-corrected chi connectivity index (χ2v) is 13.4. The highest BCUT2D eigenvalue weighted by Crippen LogP contribution is 2.50. The summed E-state index contributed by atoms with van der Waals surface area (Å²) >= 11 is 1.78. The zero-order chi connectivity index (χ0) is 23.4. The molecule has 2 fully saturated rings. The number of carbonyl (C=O) groups is 2. The zero-order valence-electron chi connectivity index (χ0n) is 21.2. The number of fused-ring (bicyclic) bond motifs is 3. The van der Waals surface area contributed by atoms with E-state index in [9.17, 15) is 9.59 Å². The van der Waals surface area contributed by atoms with Gasteiger partial charge in [0.1, 0.15) is 5.78 Å². The van der Waals surface area contributed by atoms with Crippen LogP contribution in [0.4, 0.5) is 0 Å². The molecule has 1 aromatic rings. The normalized spacial score (nSPS) is 26.8. The van der Waals surface area contributed by atoms with E-state index in [1.54, 1.807) is 11.3 Å². The van der Waals surface area contributed by atoms with Crippen LogP contribution in [0, 0.1) is 29.1 Å². The molecule has 33 heavy (non-hydrogen) atoms. The van der Waals surface area contributed by atoms with Crippen LogP contribution in [0.1, 0.15) is 119 Å².